The van der Waals surface area contributed by atoms with Crippen LogP contribution < -0.4 is 0 Å². The average Bonchev–Trinajstić information content (AvgIpc) is 2.16. The van der Waals surface area contributed by atoms with Gasteiger partial charge in [-0.2, -0.15) is 0 Å². The van der Waals surface area contributed by atoms with E-state index in [4.69, 9.17) is 5.11 Å². The maximum absolute atomic E-state index is 13.3. The van der Waals surface area contributed by atoms with Gasteiger partial charge in [0.25, 0.3) is 0 Å². The minimum Gasteiger partial charge on any atom is -0.396 e. The van der Waals surface area contributed by atoms with Crippen LogP contribution in [0.25, 0.3) is 0 Å². The molecule has 0 radical (unpaired) electrons. The average molecular weight is 182 g/mol. The molecular formula is C11H15FO. The third-order valence-corrected chi connectivity index (χ3v) is 2.32. The number of benzene rings is 1. The van der Waals surface area contributed by atoms with Crippen LogP contribution in [0.5, 0.6) is 0 Å². The van der Waals surface area contributed by atoms with E-state index in [0.29, 0.717) is 6.42 Å². The monoisotopic (exact) mass is 182 g/mol. The van der Waals surface area contributed by atoms with Crippen LogP contribution in [0.1, 0.15) is 31.2 Å². The zero-order valence-corrected chi connectivity index (χ0v) is 7.83. The Bertz CT molecular complexity index is 260. The van der Waals surface area contributed by atoms with Crippen molar-refractivity contribution in [2.24, 2.45) is 0 Å². The topological polar surface area (TPSA) is 20.2 Å². The molecule has 0 aliphatic rings. The smallest absolute Gasteiger partial charge is 0.126 e. The highest BCUT2D eigenvalue weighted by atomic mass is 19.1. The van der Waals surface area contributed by atoms with E-state index >= 15 is 0 Å². The lowest BCUT2D eigenvalue weighted by atomic mass is 9.93. The van der Waals surface area contributed by atoms with Crippen LogP contribution in [0, 0.1) is 5.82 Å². The summed E-state index contributed by atoms with van der Waals surface area (Å²) >= 11 is 0. The Kier molecular flexibility index (Phi) is 3.90. The van der Waals surface area contributed by atoms with Crippen LogP contribution in [0.4, 0.5) is 4.39 Å². The van der Waals surface area contributed by atoms with Gasteiger partial charge in [0.1, 0.15) is 5.82 Å². The molecule has 1 aromatic rings. The van der Waals surface area contributed by atoms with Crippen LogP contribution in [-0.4, -0.2) is 11.7 Å². The third kappa shape index (κ3) is 2.52. The van der Waals surface area contributed by atoms with Crippen molar-refractivity contribution in [2.75, 3.05) is 6.61 Å². The highest BCUT2D eigenvalue weighted by Crippen LogP contribution is 2.24. The Morgan fingerprint density at radius 2 is 2.08 bits per heavy atom. The molecule has 0 spiro atoms. The van der Waals surface area contributed by atoms with E-state index < -0.39 is 0 Å². The van der Waals surface area contributed by atoms with Crippen LogP contribution in [0.3, 0.4) is 0 Å². The van der Waals surface area contributed by atoms with Crippen LogP contribution in [0.15, 0.2) is 24.3 Å². The van der Waals surface area contributed by atoms with E-state index in [1.54, 1.807) is 12.1 Å². The van der Waals surface area contributed by atoms with E-state index in [9.17, 15) is 4.39 Å². The minimum atomic E-state index is -0.164. The first kappa shape index (κ1) is 10.2. The van der Waals surface area contributed by atoms with Crippen molar-refractivity contribution < 1.29 is 9.50 Å². The molecule has 0 bridgehead atoms. The summed E-state index contributed by atoms with van der Waals surface area (Å²) < 4.78 is 13.3. The summed E-state index contributed by atoms with van der Waals surface area (Å²) in [5, 5.41) is 8.80. The minimum absolute atomic E-state index is 0.118. The molecule has 0 saturated carbocycles. The SMILES string of the molecule is CCC(CCO)c1ccccc1F. The molecule has 0 aromatic heterocycles. The van der Waals surface area contributed by atoms with Gasteiger partial charge in [-0.15, -0.1) is 0 Å². The summed E-state index contributed by atoms with van der Waals surface area (Å²) in [6.45, 7) is 2.12. The summed E-state index contributed by atoms with van der Waals surface area (Å²) in [7, 11) is 0. The molecule has 0 fully saturated rings. The van der Waals surface area contributed by atoms with Gasteiger partial charge in [0.2, 0.25) is 0 Å². The Balaban J connectivity index is 2.84. The lowest BCUT2D eigenvalue weighted by Crippen LogP contribution is -2.02. The lowest BCUT2D eigenvalue weighted by molar-refractivity contribution is 0.273. The Morgan fingerprint density at radius 1 is 1.38 bits per heavy atom. The van der Waals surface area contributed by atoms with Gasteiger partial charge in [0.05, 0.1) is 0 Å². The third-order valence-electron chi connectivity index (χ3n) is 2.32. The number of hydrogen-bond donors (Lipinski definition) is 1. The zero-order valence-electron chi connectivity index (χ0n) is 7.83. The van der Waals surface area contributed by atoms with Gasteiger partial charge in [-0.25, -0.2) is 4.39 Å². The van der Waals surface area contributed by atoms with E-state index in [1.165, 1.54) is 6.07 Å². The fraction of sp³-hybridized carbons (Fsp3) is 0.455. The quantitative estimate of drug-likeness (QED) is 0.759. The molecule has 13 heavy (non-hydrogen) atoms. The molecule has 1 aromatic carbocycles. The highest BCUT2D eigenvalue weighted by molar-refractivity contribution is 5.21. The molecule has 0 aliphatic carbocycles. The second-order valence-electron chi connectivity index (χ2n) is 3.14. The predicted molar refractivity (Wildman–Crippen MR) is 51.1 cm³/mol. The molecule has 1 rings (SSSR count). The largest absolute Gasteiger partial charge is 0.396 e. The van der Waals surface area contributed by atoms with Gasteiger partial charge in [-0.05, 0) is 30.4 Å². The Hall–Kier alpha value is -0.890. The molecule has 2 heteroatoms. The second-order valence-corrected chi connectivity index (χ2v) is 3.14. The number of rotatable bonds is 4. The molecule has 1 unspecified atom stereocenters. The standard InChI is InChI=1S/C11H15FO/c1-2-9(7-8-13)10-5-3-4-6-11(10)12/h3-6,9,13H,2,7-8H2,1H3. The van der Waals surface area contributed by atoms with Gasteiger partial charge in [-0.3, -0.25) is 0 Å². The summed E-state index contributed by atoms with van der Waals surface area (Å²) in [4.78, 5) is 0. The first-order valence-electron chi connectivity index (χ1n) is 4.64. The van der Waals surface area contributed by atoms with Gasteiger partial charge >= 0.3 is 0 Å². The van der Waals surface area contributed by atoms with E-state index in [0.717, 1.165) is 12.0 Å². The van der Waals surface area contributed by atoms with Gasteiger partial charge < -0.3 is 5.11 Å². The number of aliphatic hydroxyl groups excluding tert-OH is 1. The molecular weight excluding hydrogens is 167 g/mol. The first-order chi connectivity index (χ1) is 6.29. The van der Waals surface area contributed by atoms with Gasteiger partial charge in [0, 0.05) is 6.61 Å². The summed E-state index contributed by atoms with van der Waals surface area (Å²) in [5.41, 5.74) is 0.721. The molecule has 72 valence electrons. The number of hydrogen-bond acceptors (Lipinski definition) is 1. The fourth-order valence-electron chi connectivity index (χ4n) is 1.54. The molecule has 1 N–H and O–H groups in total. The molecule has 1 atom stereocenters. The Morgan fingerprint density at radius 3 is 2.62 bits per heavy atom. The maximum Gasteiger partial charge on any atom is 0.126 e. The number of aliphatic hydroxyl groups is 1. The maximum atomic E-state index is 13.3. The van der Waals surface area contributed by atoms with E-state index in [1.807, 2.05) is 13.0 Å². The Labute approximate surface area is 78.2 Å². The van der Waals surface area contributed by atoms with E-state index in [2.05, 4.69) is 0 Å². The number of halogens is 1. The molecule has 0 saturated heterocycles. The predicted octanol–water partition coefficient (Wildman–Crippen LogP) is 2.70. The molecule has 1 nitrogen and oxygen atoms in total. The summed E-state index contributed by atoms with van der Waals surface area (Å²) in [6, 6.07) is 6.78. The van der Waals surface area contributed by atoms with Crippen molar-refractivity contribution in [1.82, 2.24) is 0 Å². The normalized spacial score (nSPS) is 12.8. The van der Waals surface area contributed by atoms with Crippen LogP contribution in [-0.2, 0) is 0 Å². The van der Waals surface area contributed by atoms with Crippen LogP contribution in [0.2, 0.25) is 0 Å². The zero-order chi connectivity index (χ0) is 9.68. The van der Waals surface area contributed by atoms with Gasteiger partial charge in [0.15, 0.2) is 0 Å². The fourth-order valence-corrected chi connectivity index (χ4v) is 1.54. The van der Waals surface area contributed by atoms with Crippen molar-refractivity contribution in [2.45, 2.75) is 25.7 Å². The van der Waals surface area contributed by atoms with Gasteiger partial charge in [-0.1, -0.05) is 25.1 Å². The van der Waals surface area contributed by atoms with Crippen molar-refractivity contribution in [3.8, 4) is 0 Å². The van der Waals surface area contributed by atoms with Crippen molar-refractivity contribution in [3.05, 3.63) is 35.6 Å². The second kappa shape index (κ2) is 4.97. The summed E-state index contributed by atoms with van der Waals surface area (Å²) in [6.07, 6.45) is 1.50. The van der Waals surface area contributed by atoms with Crippen LogP contribution >= 0.6 is 0 Å². The molecule has 0 aliphatic heterocycles. The van der Waals surface area contributed by atoms with Crippen molar-refractivity contribution in [3.63, 3.8) is 0 Å². The van der Waals surface area contributed by atoms with Crippen molar-refractivity contribution in [1.29, 1.82) is 0 Å². The van der Waals surface area contributed by atoms with Crippen molar-refractivity contribution >= 4 is 0 Å². The first-order valence-corrected chi connectivity index (χ1v) is 4.64. The lowest BCUT2D eigenvalue weighted by Gasteiger charge is -2.14. The summed E-state index contributed by atoms with van der Waals surface area (Å²) in [5.74, 6) is -0.0194. The van der Waals surface area contributed by atoms with E-state index in [-0.39, 0.29) is 18.3 Å². The molecule has 0 heterocycles. The molecule has 0 amide bonds. The highest BCUT2D eigenvalue weighted by Gasteiger charge is 2.12.